The number of hydrogen-bond donors (Lipinski definition) is 1. The molecule has 1 fully saturated rings. The standard InChI is InChI=1S/C18H28O2/c1-12(2)14-7-8-15(16(11-14)13(3)4)17(19)18(5)9-6-10-20-18/h7-8,11-13,17,19H,6,9-10H2,1-5H3. The van der Waals surface area contributed by atoms with Gasteiger partial charge < -0.3 is 9.84 Å². The summed E-state index contributed by atoms with van der Waals surface area (Å²) in [5, 5.41) is 10.8. The lowest BCUT2D eigenvalue weighted by Gasteiger charge is -2.32. The number of benzene rings is 1. The summed E-state index contributed by atoms with van der Waals surface area (Å²) in [4.78, 5) is 0. The van der Waals surface area contributed by atoms with Crippen LogP contribution in [0.3, 0.4) is 0 Å². The second-order valence-electron chi connectivity index (χ2n) is 6.86. The minimum Gasteiger partial charge on any atom is -0.385 e. The Morgan fingerprint density at radius 1 is 1.10 bits per heavy atom. The van der Waals surface area contributed by atoms with Crippen molar-refractivity contribution in [1.82, 2.24) is 0 Å². The molecule has 0 saturated carbocycles. The first-order valence-corrected chi connectivity index (χ1v) is 7.81. The maximum atomic E-state index is 10.8. The molecule has 0 bridgehead atoms. The van der Waals surface area contributed by atoms with Gasteiger partial charge in [0, 0.05) is 6.61 Å². The molecule has 1 heterocycles. The maximum absolute atomic E-state index is 10.8. The van der Waals surface area contributed by atoms with E-state index in [0.29, 0.717) is 11.8 Å². The molecule has 0 spiro atoms. The Bertz CT molecular complexity index is 456. The molecule has 0 aliphatic carbocycles. The number of rotatable bonds is 4. The van der Waals surface area contributed by atoms with Crippen LogP contribution >= 0.6 is 0 Å². The fourth-order valence-corrected chi connectivity index (χ4v) is 3.05. The monoisotopic (exact) mass is 276 g/mol. The van der Waals surface area contributed by atoms with Gasteiger partial charge >= 0.3 is 0 Å². The second kappa shape index (κ2) is 5.87. The van der Waals surface area contributed by atoms with Crippen LogP contribution in [-0.2, 0) is 4.74 Å². The highest BCUT2D eigenvalue weighted by Gasteiger charge is 2.39. The van der Waals surface area contributed by atoms with Crippen LogP contribution in [0.1, 0.15) is 82.1 Å². The molecule has 2 unspecified atom stereocenters. The smallest absolute Gasteiger partial charge is 0.108 e. The molecule has 20 heavy (non-hydrogen) atoms. The van der Waals surface area contributed by atoms with Gasteiger partial charge in [0.05, 0.1) is 5.60 Å². The average Bonchev–Trinajstić information content (AvgIpc) is 2.85. The Hall–Kier alpha value is -0.860. The quantitative estimate of drug-likeness (QED) is 0.875. The van der Waals surface area contributed by atoms with Gasteiger partial charge in [-0.25, -0.2) is 0 Å². The van der Waals surface area contributed by atoms with Crippen molar-refractivity contribution in [2.75, 3.05) is 6.61 Å². The van der Waals surface area contributed by atoms with Gasteiger partial charge in [0.25, 0.3) is 0 Å². The van der Waals surface area contributed by atoms with Crippen molar-refractivity contribution >= 4 is 0 Å². The van der Waals surface area contributed by atoms with E-state index in [0.717, 1.165) is 25.0 Å². The Kier molecular flexibility index (Phi) is 4.55. The zero-order chi connectivity index (χ0) is 14.9. The molecule has 0 amide bonds. The van der Waals surface area contributed by atoms with Crippen molar-refractivity contribution in [3.05, 3.63) is 34.9 Å². The van der Waals surface area contributed by atoms with E-state index in [2.05, 4.69) is 45.9 Å². The zero-order valence-electron chi connectivity index (χ0n) is 13.4. The maximum Gasteiger partial charge on any atom is 0.108 e. The SMILES string of the molecule is CC(C)c1ccc(C(O)C2(C)CCCO2)c(C(C)C)c1. The fraction of sp³-hybridized carbons (Fsp3) is 0.667. The summed E-state index contributed by atoms with van der Waals surface area (Å²) in [6.45, 7) is 11.6. The molecular formula is C18H28O2. The normalized spacial score (nSPS) is 24.6. The van der Waals surface area contributed by atoms with Crippen molar-refractivity contribution < 1.29 is 9.84 Å². The van der Waals surface area contributed by atoms with E-state index in [1.165, 1.54) is 11.1 Å². The lowest BCUT2D eigenvalue weighted by atomic mass is 9.83. The van der Waals surface area contributed by atoms with Gasteiger partial charge in [-0.05, 0) is 48.3 Å². The largest absolute Gasteiger partial charge is 0.385 e. The van der Waals surface area contributed by atoms with Crippen LogP contribution in [0.4, 0.5) is 0 Å². The third-order valence-corrected chi connectivity index (χ3v) is 4.52. The third-order valence-electron chi connectivity index (χ3n) is 4.52. The first kappa shape index (κ1) is 15.5. The summed E-state index contributed by atoms with van der Waals surface area (Å²) < 4.78 is 5.82. The van der Waals surface area contributed by atoms with E-state index < -0.39 is 11.7 Å². The third kappa shape index (κ3) is 2.91. The Labute approximate surface area is 123 Å². The highest BCUT2D eigenvalue weighted by molar-refractivity contribution is 5.38. The topological polar surface area (TPSA) is 29.5 Å². The average molecular weight is 276 g/mol. The molecule has 2 nitrogen and oxygen atoms in total. The minimum atomic E-state index is -0.538. The van der Waals surface area contributed by atoms with E-state index in [4.69, 9.17) is 4.74 Å². The predicted octanol–water partition coefficient (Wildman–Crippen LogP) is 4.54. The number of hydrogen-bond acceptors (Lipinski definition) is 2. The molecule has 1 aliphatic rings. The van der Waals surface area contributed by atoms with E-state index in [9.17, 15) is 5.11 Å². The van der Waals surface area contributed by atoms with Gasteiger partial charge in [0.1, 0.15) is 6.10 Å². The van der Waals surface area contributed by atoms with Crippen molar-refractivity contribution in [3.8, 4) is 0 Å². The number of aliphatic hydroxyl groups is 1. The van der Waals surface area contributed by atoms with Crippen LogP contribution in [0.2, 0.25) is 0 Å². The van der Waals surface area contributed by atoms with E-state index >= 15 is 0 Å². The summed E-state index contributed by atoms with van der Waals surface area (Å²) in [5.41, 5.74) is 3.19. The molecule has 1 aromatic carbocycles. The highest BCUT2D eigenvalue weighted by atomic mass is 16.5. The van der Waals surface area contributed by atoms with E-state index in [1.807, 2.05) is 6.92 Å². The molecule has 0 aromatic heterocycles. The van der Waals surface area contributed by atoms with Crippen LogP contribution in [-0.4, -0.2) is 17.3 Å². The summed E-state index contributed by atoms with van der Waals surface area (Å²) in [6.07, 6.45) is 1.43. The highest BCUT2D eigenvalue weighted by Crippen LogP contribution is 2.40. The molecule has 1 aliphatic heterocycles. The van der Waals surface area contributed by atoms with Gasteiger partial charge in [-0.3, -0.25) is 0 Å². The predicted molar refractivity (Wildman–Crippen MR) is 83.2 cm³/mol. The van der Waals surface area contributed by atoms with Gasteiger partial charge in [0.15, 0.2) is 0 Å². The van der Waals surface area contributed by atoms with Crippen molar-refractivity contribution in [2.24, 2.45) is 0 Å². The molecule has 112 valence electrons. The lowest BCUT2D eigenvalue weighted by Crippen LogP contribution is -2.32. The van der Waals surface area contributed by atoms with Crippen molar-refractivity contribution in [2.45, 2.75) is 71.0 Å². The molecule has 1 N–H and O–H groups in total. The Morgan fingerprint density at radius 3 is 2.30 bits per heavy atom. The molecule has 2 atom stereocenters. The number of aliphatic hydroxyl groups excluding tert-OH is 1. The van der Waals surface area contributed by atoms with Crippen LogP contribution in [0.5, 0.6) is 0 Å². The Balaban J connectivity index is 2.40. The Morgan fingerprint density at radius 2 is 1.80 bits per heavy atom. The first-order valence-electron chi connectivity index (χ1n) is 7.81. The van der Waals surface area contributed by atoms with Crippen LogP contribution < -0.4 is 0 Å². The van der Waals surface area contributed by atoms with Gasteiger partial charge in [-0.1, -0.05) is 45.9 Å². The first-order chi connectivity index (χ1) is 9.35. The minimum absolute atomic E-state index is 0.406. The summed E-state index contributed by atoms with van der Waals surface area (Å²) in [7, 11) is 0. The molecule has 0 radical (unpaired) electrons. The molecule has 2 rings (SSSR count). The second-order valence-corrected chi connectivity index (χ2v) is 6.86. The van der Waals surface area contributed by atoms with Crippen LogP contribution in [0, 0.1) is 0 Å². The molecule has 1 aromatic rings. The van der Waals surface area contributed by atoms with E-state index in [1.54, 1.807) is 0 Å². The van der Waals surface area contributed by atoms with Crippen LogP contribution in [0.25, 0.3) is 0 Å². The van der Waals surface area contributed by atoms with Crippen molar-refractivity contribution in [1.29, 1.82) is 0 Å². The van der Waals surface area contributed by atoms with E-state index in [-0.39, 0.29) is 0 Å². The zero-order valence-corrected chi connectivity index (χ0v) is 13.4. The molecular weight excluding hydrogens is 248 g/mol. The van der Waals surface area contributed by atoms with Crippen molar-refractivity contribution in [3.63, 3.8) is 0 Å². The summed E-state index contributed by atoms with van der Waals surface area (Å²) in [5.74, 6) is 0.917. The fourth-order valence-electron chi connectivity index (χ4n) is 3.05. The van der Waals surface area contributed by atoms with Gasteiger partial charge in [-0.15, -0.1) is 0 Å². The van der Waals surface area contributed by atoms with Crippen LogP contribution in [0.15, 0.2) is 18.2 Å². The molecule has 1 saturated heterocycles. The van der Waals surface area contributed by atoms with Gasteiger partial charge in [-0.2, -0.15) is 0 Å². The summed E-state index contributed by atoms with van der Waals surface area (Å²) in [6, 6.07) is 6.50. The number of ether oxygens (including phenoxy) is 1. The lowest BCUT2D eigenvalue weighted by molar-refractivity contribution is -0.0800. The summed E-state index contributed by atoms with van der Waals surface area (Å²) >= 11 is 0. The molecule has 2 heteroatoms. The van der Waals surface area contributed by atoms with Gasteiger partial charge in [0.2, 0.25) is 0 Å².